The number of aromatic amines is 1. The quantitative estimate of drug-likeness (QED) is 0.551. The van der Waals surface area contributed by atoms with Gasteiger partial charge in [0.25, 0.3) is 0 Å². The van der Waals surface area contributed by atoms with E-state index in [4.69, 9.17) is 0 Å². The van der Waals surface area contributed by atoms with Gasteiger partial charge in [-0.3, -0.25) is 4.98 Å². The number of nitrogens with zero attached hydrogens (tertiary/aromatic N) is 1. The van der Waals surface area contributed by atoms with Crippen molar-refractivity contribution in [3.05, 3.63) is 79.1 Å². The van der Waals surface area contributed by atoms with Crippen molar-refractivity contribution in [1.29, 1.82) is 0 Å². The van der Waals surface area contributed by atoms with Gasteiger partial charge in [-0.05, 0) is 23.8 Å². The molecular weight excluding hydrogens is 256 g/mol. The maximum Gasteiger partial charge on any atom is 0.0708 e. The Hall–Kier alpha value is -2.87. The van der Waals surface area contributed by atoms with Gasteiger partial charge in [-0.2, -0.15) is 0 Å². The van der Waals surface area contributed by atoms with E-state index >= 15 is 0 Å². The Morgan fingerprint density at radius 2 is 1.43 bits per heavy atom. The molecule has 0 aliphatic carbocycles. The number of para-hydroxylation sites is 1. The Morgan fingerprint density at radius 3 is 2.29 bits per heavy atom. The second-order valence-corrected chi connectivity index (χ2v) is 5.01. The van der Waals surface area contributed by atoms with Gasteiger partial charge < -0.3 is 4.98 Å². The molecule has 0 aliphatic heterocycles. The summed E-state index contributed by atoms with van der Waals surface area (Å²) in [6, 6.07) is 22.8. The molecule has 0 saturated heterocycles. The topological polar surface area (TPSA) is 28.7 Å². The number of hydrogen-bond acceptors (Lipinski definition) is 1. The van der Waals surface area contributed by atoms with E-state index in [-0.39, 0.29) is 0 Å². The van der Waals surface area contributed by atoms with Crippen LogP contribution in [-0.4, -0.2) is 9.97 Å². The highest BCUT2D eigenvalue weighted by Crippen LogP contribution is 2.35. The summed E-state index contributed by atoms with van der Waals surface area (Å²) >= 11 is 0. The van der Waals surface area contributed by atoms with Gasteiger partial charge in [0.1, 0.15) is 0 Å². The van der Waals surface area contributed by atoms with E-state index in [1.807, 2.05) is 30.5 Å². The first-order valence-corrected chi connectivity index (χ1v) is 7.00. The summed E-state index contributed by atoms with van der Waals surface area (Å²) in [4.78, 5) is 7.83. The first-order valence-electron chi connectivity index (χ1n) is 7.00. The smallest absolute Gasteiger partial charge is 0.0708 e. The molecule has 0 spiro atoms. The monoisotopic (exact) mass is 270 g/mol. The fourth-order valence-corrected chi connectivity index (χ4v) is 2.76. The summed E-state index contributed by atoms with van der Waals surface area (Å²) in [5.74, 6) is 0. The Morgan fingerprint density at radius 1 is 0.667 bits per heavy atom. The van der Waals surface area contributed by atoms with Crippen molar-refractivity contribution in [2.24, 2.45) is 0 Å². The van der Waals surface area contributed by atoms with E-state index in [1.54, 1.807) is 0 Å². The van der Waals surface area contributed by atoms with Crippen LogP contribution >= 0.6 is 0 Å². The second-order valence-electron chi connectivity index (χ2n) is 5.01. The Labute approximate surface area is 123 Å². The van der Waals surface area contributed by atoms with Crippen molar-refractivity contribution in [3.8, 4) is 22.4 Å². The number of rotatable bonds is 2. The van der Waals surface area contributed by atoms with Crippen LogP contribution in [0, 0.1) is 0 Å². The van der Waals surface area contributed by atoms with E-state index in [2.05, 4.69) is 58.6 Å². The second kappa shape index (κ2) is 4.91. The molecule has 100 valence electrons. The third-order valence-electron chi connectivity index (χ3n) is 3.75. The normalized spacial score (nSPS) is 10.9. The Balaban J connectivity index is 1.98. The van der Waals surface area contributed by atoms with Gasteiger partial charge in [0, 0.05) is 34.4 Å². The highest BCUT2D eigenvalue weighted by molar-refractivity contribution is 5.99. The molecule has 0 atom stereocenters. The minimum atomic E-state index is 0.999. The lowest BCUT2D eigenvalue weighted by Crippen LogP contribution is -1.86. The number of fused-ring (bicyclic) bond motifs is 1. The van der Waals surface area contributed by atoms with Crippen molar-refractivity contribution in [1.82, 2.24) is 9.97 Å². The van der Waals surface area contributed by atoms with E-state index < -0.39 is 0 Å². The highest BCUT2D eigenvalue weighted by Gasteiger charge is 2.11. The van der Waals surface area contributed by atoms with E-state index in [0.717, 1.165) is 16.8 Å². The zero-order chi connectivity index (χ0) is 14.1. The lowest BCUT2D eigenvalue weighted by molar-refractivity contribution is 1.33. The van der Waals surface area contributed by atoms with Crippen molar-refractivity contribution >= 4 is 10.9 Å². The van der Waals surface area contributed by atoms with Crippen molar-refractivity contribution < 1.29 is 0 Å². The lowest BCUT2D eigenvalue weighted by atomic mass is 9.97. The van der Waals surface area contributed by atoms with Crippen LogP contribution in [0.2, 0.25) is 0 Å². The summed E-state index contributed by atoms with van der Waals surface area (Å²) in [5.41, 5.74) is 5.73. The molecule has 2 heteroatoms. The molecule has 4 aromatic rings. The summed E-state index contributed by atoms with van der Waals surface area (Å²) in [5, 5.41) is 1.24. The number of H-pyrrole nitrogens is 1. The van der Waals surface area contributed by atoms with Gasteiger partial charge in [-0.1, -0.05) is 48.5 Å². The number of pyridine rings is 1. The van der Waals surface area contributed by atoms with Gasteiger partial charge in [0.05, 0.1) is 5.69 Å². The molecule has 0 unspecified atom stereocenters. The summed E-state index contributed by atoms with van der Waals surface area (Å²) in [7, 11) is 0. The highest BCUT2D eigenvalue weighted by atomic mass is 14.7. The molecule has 0 amide bonds. The van der Waals surface area contributed by atoms with E-state index in [0.29, 0.717) is 0 Å². The Bertz CT molecular complexity index is 892. The number of benzene rings is 2. The average Bonchev–Trinajstić information content (AvgIpc) is 3.00. The van der Waals surface area contributed by atoms with Crippen molar-refractivity contribution in [2.45, 2.75) is 0 Å². The van der Waals surface area contributed by atoms with Crippen molar-refractivity contribution in [2.75, 3.05) is 0 Å². The fraction of sp³-hybridized carbons (Fsp3) is 0. The summed E-state index contributed by atoms with van der Waals surface area (Å²) < 4.78 is 0. The van der Waals surface area contributed by atoms with Gasteiger partial charge in [-0.15, -0.1) is 0 Å². The first kappa shape index (κ1) is 11.9. The third-order valence-corrected chi connectivity index (χ3v) is 3.75. The van der Waals surface area contributed by atoms with Gasteiger partial charge in [-0.25, -0.2) is 0 Å². The molecule has 0 radical (unpaired) electrons. The molecule has 0 bridgehead atoms. The molecule has 0 saturated carbocycles. The number of aromatic nitrogens is 2. The molecule has 21 heavy (non-hydrogen) atoms. The van der Waals surface area contributed by atoms with Gasteiger partial charge in [0.15, 0.2) is 0 Å². The van der Waals surface area contributed by atoms with Crippen LogP contribution in [0.1, 0.15) is 0 Å². The zero-order valence-corrected chi connectivity index (χ0v) is 11.5. The van der Waals surface area contributed by atoms with Crippen LogP contribution in [0.4, 0.5) is 0 Å². The van der Waals surface area contributed by atoms with Crippen LogP contribution in [0.5, 0.6) is 0 Å². The molecule has 0 fully saturated rings. The van der Waals surface area contributed by atoms with Crippen LogP contribution in [-0.2, 0) is 0 Å². The van der Waals surface area contributed by atoms with Crippen LogP contribution in [0.25, 0.3) is 33.3 Å². The maximum atomic E-state index is 4.49. The molecule has 2 nitrogen and oxygen atoms in total. The number of hydrogen-bond donors (Lipinski definition) is 1. The molecule has 1 N–H and O–H groups in total. The minimum absolute atomic E-state index is 0.999. The average molecular weight is 270 g/mol. The standard InChI is InChI=1S/C19H14N2/c1-2-8-15(18-11-5-6-12-20-18)14(7-1)17-13-21-19-10-4-3-9-16(17)19/h1-13,21H. The molecule has 2 heterocycles. The largest absolute Gasteiger partial charge is 0.361 e. The van der Waals surface area contributed by atoms with E-state index in [9.17, 15) is 0 Å². The lowest BCUT2D eigenvalue weighted by Gasteiger charge is -2.08. The summed E-state index contributed by atoms with van der Waals surface area (Å²) in [6.45, 7) is 0. The first-order chi connectivity index (χ1) is 10.4. The SMILES string of the molecule is c1ccc(-c2ccccc2-c2c[nH]c3ccccc23)nc1. The van der Waals surface area contributed by atoms with Crippen LogP contribution in [0.15, 0.2) is 79.1 Å². The predicted octanol–water partition coefficient (Wildman–Crippen LogP) is 4.90. The zero-order valence-electron chi connectivity index (χ0n) is 11.5. The molecular formula is C19H14N2. The van der Waals surface area contributed by atoms with Crippen LogP contribution in [0.3, 0.4) is 0 Å². The van der Waals surface area contributed by atoms with Gasteiger partial charge in [0.2, 0.25) is 0 Å². The maximum absolute atomic E-state index is 4.49. The Kier molecular flexibility index (Phi) is 2.79. The fourth-order valence-electron chi connectivity index (χ4n) is 2.76. The van der Waals surface area contributed by atoms with Gasteiger partial charge >= 0.3 is 0 Å². The minimum Gasteiger partial charge on any atom is -0.361 e. The third kappa shape index (κ3) is 2.01. The summed E-state index contributed by atoms with van der Waals surface area (Å²) in [6.07, 6.45) is 3.91. The molecule has 2 aromatic carbocycles. The molecule has 4 rings (SSSR count). The van der Waals surface area contributed by atoms with Crippen LogP contribution < -0.4 is 0 Å². The van der Waals surface area contributed by atoms with E-state index in [1.165, 1.54) is 16.5 Å². The molecule has 2 aromatic heterocycles. The predicted molar refractivity (Wildman–Crippen MR) is 87.0 cm³/mol. The van der Waals surface area contributed by atoms with Crippen molar-refractivity contribution in [3.63, 3.8) is 0 Å². The number of nitrogens with one attached hydrogen (secondary N) is 1. The molecule has 0 aliphatic rings.